The molecule has 0 unspecified atom stereocenters. The minimum Gasteiger partial charge on any atom is -0.350 e. The van der Waals surface area contributed by atoms with Gasteiger partial charge in [-0.1, -0.05) is 71.9 Å². The first-order valence-corrected chi connectivity index (χ1v) is 13.4. The van der Waals surface area contributed by atoms with Crippen LogP contribution >= 0.6 is 11.3 Å². The lowest BCUT2D eigenvalue weighted by molar-refractivity contribution is -0.127. The van der Waals surface area contributed by atoms with E-state index in [9.17, 15) is 9.59 Å². The fourth-order valence-corrected chi connectivity index (χ4v) is 5.38. The van der Waals surface area contributed by atoms with Crippen LogP contribution < -0.4 is 10.2 Å². The van der Waals surface area contributed by atoms with Crippen molar-refractivity contribution in [3.63, 3.8) is 0 Å². The van der Waals surface area contributed by atoms with E-state index in [4.69, 9.17) is 0 Å². The zero-order valence-corrected chi connectivity index (χ0v) is 21.7. The van der Waals surface area contributed by atoms with Crippen LogP contribution in [-0.2, 0) is 22.7 Å². The Morgan fingerprint density at radius 2 is 1.67 bits per heavy atom. The number of hydrogen-bond acceptors (Lipinski definition) is 6. The molecule has 0 saturated carbocycles. The van der Waals surface area contributed by atoms with Gasteiger partial charge in [-0.2, -0.15) is 0 Å². The van der Waals surface area contributed by atoms with Gasteiger partial charge in [0.15, 0.2) is 0 Å². The van der Waals surface area contributed by atoms with Crippen LogP contribution in [0.1, 0.15) is 16.5 Å². The van der Waals surface area contributed by atoms with Crippen LogP contribution in [0.3, 0.4) is 0 Å². The summed E-state index contributed by atoms with van der Waals surface area (Å²) in [5.41, 5.74) is 3.73. The number of para-hydroxylation sites is 2. The molecule has 39 heavy (non-hydrogen) atoms. The molecule has 0 spiro atoms. The Hall–Kier alpha value is -4.89. The van der Waals surface area contributed by atoms with E-state index >= 15 is 0 Å². The highest BCUT2D eigenvalue weighted by Gasteiger charge is 2.34. The van der Waals surface area contributed by atoms with Crippen molar-refractivity contribution in [3.05, 3.63) is 119 Å². The SMILES string of the molecule is O=C(NCc1ccccc1)[C@@H](c1cccs1)N(C(=O)Cn1nnc2ccccc21)c1cnc2ccccc2c1. The van der Waals surface area contributed by atoms with Crippen molar-refractivity contribution in [1.82, 2.24) is 25.3 Å². The molecule has 1 N–H and O–H groups in total. The summed E-state index contributed by atoms with van der Waals surface area (Å²) in [6, 6.07) is 29.6. The average molecular weight is 533 g/mol. The Bertz CT molecular complexity index is 1750. The lowest BCUT2D eigenvalue weighted by Crippen LogP contribution is -2.45. The number of benzene rings is 3. The van der Waals surface area contributed by atoms with Gasteiger partial charge in [-0.3, -0.25) is 19.5 Å². The number of hydrogen-bond donors (Lipinski definition) is 1. The maximum atomic E-state index is 14.1. The molecule has 9 heteroatoms. The van der Waals surface area contributed by atoms with Crippen LogP contribution in [0.4, 0.5) is 5.69 Å². The van der Waals surface area contributed by atoms with Gasteiger partial charge in [0.05, 0.1) is 22.9 Å². The number of carbonyl (C=O) groups excluding carboxylic acids is 2. The van der Waals surface area contributed by atoms with Crippen molar-refractivity contribution in [1.29, 1.82) is 0 Å². The Morgan fingerprint density at radius 3 is 2.49 bits per heavy atom. The number of fused-ring (bicyclic) bond motifs is 2. The Labute approximate surface area is 228 Å². The maximum Gasteiger partial charge on any atom is 0.249 e. The normalized spacial score (nSPS) is 11.9. The predicted molar refractivity (Wildman–Crippen MR) is 152 cm³/mol. The van der Waals surface area contributed by atoms with Gasteiger partial charge in [-0.25, -0.2) is 4.68 Å². The van der Waals surface area contributed by atoms with Crippen LogP contribution in [0.5, 0.6) is 0 Å². The highest BCUT2D eigenvalue weighted by atomic mass is 32.1. The monoisotopic (exact) mass is 532 g/mol. The summed E-state index contributed by atoms with van der Waals surface area (Å²) in [5.74, 6) is -0.595. The zero-order chi connectivity index (χ0) is 26.6. The molecule has 6 rings (SSSR count). The highest BCUT2D eigenvalue weighted by Crippen LogP contribution is 2.32. The van der Waals surface area contributed by atoms with Crippen LogP contribution in [0.25, 0.3) is 21.9 Å². The Kier molecular flexibility index (Phi) is 6.80. The van der Waals surface area contributed by atoms with Gasteiger partial charge in [-0.15, -0.1) is 16.4 Å². The Balaban J connectivity index is 1.41. The second kappa shape index (κ2) is 10.8. The van der Waals surface area contributed by atoms with Crippen molar-refractivity contribution in [3.8, 4) is 0 Å². The lowest BCUT2D eigenvalue weighted by Gasteiger charge is -2.30. The number of aromatic nitrogens is 4. The molecule has 3 aromatic heterocycles. The fourth-order valence-electron chi connectivity index (χ4n) is 4.57. The summed E-state index contributed by atoms with van der Waals surface area (Å²) in [7, 11) is 0. The highest BCUT2D eigenvalue weighted by molar-refractivity contribution is 7.10. The van der Waals surface area contributed by atoms with Crippen molar-refractivity contribution in [2.75, 3.05) is 4.90 Å². The molecule has 2 amide bonds. The molecule has 0 fully saturated rings. The van der Waals surface area contributed by atoms with Gasteiger partial charge < -0.3 is 5.32 Å². The quantitative estimate of drug-likeness (QED) is 0.293. The molecular formula is C30H24N6O2S. The zero-order valence-electron chi connectivity index (χ0n) is 20.8. The molecule has 3 aromatic carbocycles. The average Bonchev–Trinajstić information content (AvgIpc) is 3.65. The van der Waals surface area contributed by atoms with Gasteiger partial charge in [0.25, 0.3) is 0 Å². The minimum atomic E-state index is -0.904. The number of pyridine rings is 1. The molecule has 0 aliphatic rings. The first-order chi connectivity index (χ1) is 19.2. The number of thiophene rings is 1. The summed E-state index contributed by atoms with van der Waals surface area (Å²) >= 11 is 1.43. The predicted octanol–water partition coefficient (Wildman–Crippen LogP) is 5.13. The molecule has 192 valence electrons. The van der Waals surface area contributed by atoms with Crippen LogP contribution in [0.2, 0.25) is 0 Å². The van der Waals surface area contributed by atoms with E-state index in [0.717, 1.165) is 26.9 Å². The second-order valence-electron chi connectivity index (χ2n) is 9.01. The third-order valence-electron chi connectivity index (χ3n) is 6.46. The third-order valence-corrected chi connectivity index (χ3v) is 7.38. The molecule has 0 aliphatic heterocycles. The van der Waals surface area contributed by atoms with Crippen LogP contribution in [0.15, 0.2) is 109 Å². The van der Waals surface area contributed by atoms with Crippen LogP contribution in [0, 0.1) is 0 Å². The van der Waals surface area contributed by atoms with Gasteiger partial charge in [-0.05, 0) is 41.3 Å². The summed E-state index contributed by atoms with van der Waals surface area (Å²) in [6.45, 7) is 0.244. The molecule has 6 aromatic rings. The third kappa shape index (κ3) is 5.12. The topological polar surface area (TPSA) is 93.0 Å². The first kappa shape index (κ1) is 24.4. The standard InChI is InChI=1S/C30H24N6O2S/c37-28(20-35-26-14-7-6-13-25(26)33-34-35)36(23-17-22-11-4-5-12-24(22)31-19-23)29(27-15-8-16-39-27)30(38)32-18-21-9-2-1-3-10-21/h1-17,19,29H,18,20H2,(H,32,38)/t29-/m1/s1. The molecular weight excluding hydrogens is 508 g/mol. The Morgan fingerprint density at radius 1 is 0.897 bits per heavy atom. The molecule has 0 radical (unpaired) electrons. The molecule has 0 saturated heterocycles. The van der Waals surface area contributed by atoms with Crippen molar-refractivity contribution >= 4 is 50.8 Å². The summed E-state index contributed by atoms with van der Waals surface area (Å²) in [4.78, 5) is 34.9. The number of amides is 2. The molecule has 3 heterocycles. The second-order valence-corrected chi connectivity index (χ2v) is 9.99. The molecule has 0 bridgehead atoms. The van der Waals surface area contributed by atoms with Gasteiger partial charge in [0.1, 0.15) is 18.1 Å². The molecule has 8 nitrogen and oxygen atoms in total. The van der Waals surface area contributed by atoms with E-state index in [2.05, 4.69) is 20.6 Å². The van der Waals surface area contributed by atoms with E-state index in [1.54, 1.807) is 10.9 Å². The van der Waals surface area contributed by atoms with E-state index < -0.39 is 6.04 Å². The van der Waals surface area contributed by atoms with E-state index in [0.29, 0.717) is 17.7 Å². The van der Waals surface area contributed by atoms with Gasteiger partial charge in [0, 0.05) is 16.8 Å². The van der Waals surface area contributed by atoms with Gasteiger partial charge >= 0.3 is 0 Å². The molecule has 0 aliphatic carbocycles. The minimum absolute atomic E-state index is 0.0961. The van der Waals surface area contributed by atoms with Crippen LogP contribution in [-0.4, -0.2) is 31.8 Å². The maximum absolute atomic E-state index is 14.1. The fraction of sp³-hybridized carbons (Fsp3) is 0.100. The lowest BCUT2D eigenvalue weighted by atomic mass is 10.1. The number of carbonyl (C=O) groups is 2. The van der Waals surface area contributed by atoms with E-state index in [-0.39, 0.29) is 18.4 Å². The van der Waals surface area contributed by atoms with Gasteiger partial charge in [0.2, 0.25) is 11.8 Å². The largest absolute Gasteiger partial charge is 0.350 e. The van der Waals surface area contributed by atoms with E-state index in [1.165, 1.54) is 16.2 Å². The number of anilines is 1. The van der Waals surface area contributed by atoms with E-state index in [1.807, 2.05) is 102 Å². The summed E-state index contributed by atoms with van der Waals surface area (Å²) in [5, 5.41) is 14.2. The molecule has 1 atom stereocenters. The number of rotatable bonds is 8. The number of nitrogens with one attached hydrogen (secondary N) is 1. The van der Waals surface area contributed by atoms with Crippen molar-refractivity contribution in [2.24, 2.45) is 0 Å². The number of nitrogens with zero attached hydrogens (tertiary/aromatic N) is 5. The smallest absolute Gasteiger partial charge is 0.249 e. The summed E-state index contributed by atoms with van der Waals surface area (Å²) in [6.07, 6.45) is 1.64. The summed E-state index contributed by atoms with van der Waals surface area (Å²) < 4.78 is 1.56. The first-order valence-electron chi connectivity index (χ1n) is 12.5. The van der Waals surface area contributed by atoms with Crippen molar-refractivity contribution < 1.29 is 9.59 Å². The van der Waals surface area contributed by atoms with Crippen molar-refractivity contribution in [2.45, 2.75) is 19.1 Å².